The SMILES string of the molecule is O=C(Cc1cc(-c2ccc3c(c2)OCO3)on1)Nc1cc(F)ccc1F. The lowest BCUT2D eigenvalue weighted by Crippen LogP contribution is -2.15. The highest BCUT2D eigenvalue weighted by Crippen LogP contribution is 2.36. The number of aromatic nitrogens is 1. The number of anilines is 1. The highest BCUT2D eigenvalue weighted by atomic mass is 19.1. The number of nitrogens with one attached hydrogen (secondary N) is 1. The predicted molar refractivity (Wildman–Crippen MR) is 86.8 cm³/mol. The average molecular weight is 358 g/mol. The molecule has 2 aromatic carbocycles. The summed E-state index contributed by atoms with van der Waals surface area (Å²) in [6.45, 7) is 0.164. The molecule has 26 heavy (non-hydrogen) atoms. The van der Waals surface area contributed by atoms with E-state index in [1.165, 1.54) is 0 Å². The van der Waals surface area contributed by atoms with Crippen molar-refractivity contribution in [2.75, 3.05) is 12.1 Å². The molecule has 1 aliphatic rings. The van der Waals surface area contributed by atoms with Crippen LogP contribution in [0.2, 0.25) is 0 Å². The largest absolute Gasteiger partial charge is 0.454 e. The van der Waals surface area contributed by atoms with Crippen LogP contribution in [0.5, 0.6) is 11.5 Å². The molecule has 0 radical (unpaired) electrons. The fourth-order valence-electron chi connectivity index (χ4n) is 2.53. The fraction of sp³-hybridized carbons (Fsp3) is 0.111. The normalized spacial score (nSPS) is 12.2. The number of carbonyl (C=O) groups excluding carboxylic acids is 1. The molecule has 1 aromatic heterocycles. The van der Waals surface area contributed by atoms with Crippen LogP contribution in [0.4, 0.5) is 14.5 Å². The standard InChI is InChI=1S/C18H12F2N2O4/c19-11-2-3-13(20)14(6-11)21-18(23)8-12-7-16(26-22-12)10-1-4-15-17(5-10)25-9-24-15/h1-7H,8-9H2,(H,21,23). The first-order valence-corrected chi connectivity index (χ1v) is 7.69. The third kappa shape index (κ3) is 3.21. The van der Waals surface area contributed by atoms with E-state index in [1.807, 2.05) is 0 Å². The number of hydrogen-bond acceptors (Lipinski definition) is 5. The van der Waals surface area contributed by atoms with Gasteiger partial charge in [-0.1, -0.05) is 5.16 Å². The van der Waals surface area contributed by atoms with Crippen LogP contribution in [0.15, 0.2) is 47.0 Å². The molecule has 0 saturated heterocycles. The lowest BCUT2D eigenvalue weighted by Gasteiger charge is -2.05. The first kappa shape index (κ1) is 16.1. The lowest BCUT2D eigenvalue weighted by atomic mass is 10.1. The summed E-state index contributed by atoms with van der Waals surface area (Å²) in [4.78, 5) is 12.0. The van der Waals surface area contributed by atoms with E-state index < -0.39 is 17.5 Å². The molecule has 0 spiro atoms. The second-order valence-electron chi connectivity index (χ2n) is 5.60. The van der Waals surface area contributed by atoms with Crippen LogP contribution < -0.4 is 14.8 Å². The molecule has 0 aliphatic carbocycles. The Morgan fingerprint density at radius 2 is 1.92 bits per heavy atom. The maximum absolute atomic E-state index is 13.6. The van der Waals surface area contributed by atoms with Gasteiger partial charge in [0.05, 0.1) is 17.8 Å². The van der Waals surface area contributed by atoms with E-state index in [9.17, 15) is 13.6 Å². The molecule has 3 aromatic rings. The summed E-state index contributed by atoms with van der Waals surface area (Å²) in [6.07, 6.45) is -0.149. The van der Waals surface area contributed by atoms with Crippen molar-refractivity contribution in [1.82, 2.24) is 5.16 Å². The molecule has 1 amide bonds. The summed E-state index contributed by atoms with van der Waals surface area (Å²) >= 11 is 0. The maximum atomic E-state index is 13.6. The molecule has 0 unspecified atom stereocenters. The average Bonchev–Trinajstić information content (AvgIpc) is 3.26. The first-order valence-electron chi connectivity index (χ1n) is 7.69. The summed E-state index contributed by atoms with van der Waals surface area (Å²) in [5.74, 6) is -0.220. The van der Waals surface area contributed by atoms with Crippen molar-refractivity contribution in [3.05, 3.63) is 59.8 Å². The Kier molecular flexibility index (Phi) is 4.00. The summed E-state index contributed by atoms with van der Waals surface area (Å²) in [5, 5.41) is 6.14. The van der Waals surface area contributed by atoms with Gasteiger partial charge in [-0.2, -0.15) is 0 Å². The number of halogens is 2. The van der Waals surface area contributed by atoms with Gasteiger partial charge in [-0.3, -0.25) is 4.79 Å². The molecule has 1 N–H and O–H groups in total. The molecular weight excluding hydrogens is 346 g/mol. The predicted octanol–water partition coefficient (Wildman–Crippen LogP) is 3.53. The van der Waals surface area contributed by atoms with E-state index in [1.54, 1.807) is 24.3 Å². The van der Waals surface area contributed by atoms with Gasteiger partial charge in [-0.15, -0.1) is 0 Å². The second kappa shape index (κ2) is 6.47. The van der Waals surface area contributed by atoms with Crippen molar-refractivity contribution in [3.63, 3.8) is 0 Å². The molecule has 0 atom stereocenters. The smallest absolute Gasteiger partial charge is 0.231 e. The van der Waals surface area contributed by atoms with Gasteiger partial charge >= 0.3 is 0 Å². The van der Waals surface area contributed by atoms with Crippen molar-refractivity contribution >= 4 is 11.6 Å². The maximum Gasteiger partial charge on any atom is 0.231 e. The van der Waals surface area contributed by atoms with Crippen LogP contribution >= 0.6 is 0 Å². The zero-order valence-electron chi connectivity index (χ0n) is 13.3. The minimum absolute atomic E-state index is 0.149. The monoisotopic (exact) mass is 358 g/mol. The first-order chi connectivity index (χ1) is 12.6. The Hall–Kier alpha value is -3.42. The van der Waals surface area contributed by atoms with Crippen LogP contribution in [0.1, 0.15) is 5.69 Å². The number of carbonyl (C=O) groups is 1. The van der Waals surface area contributed by atoms with Gasteiger partial charge in [-0.25, -0.2) is 8.78 Å². The van der Waals surface area contributed by atoms with Gasteiger partial charge in [0.2, 0.25) is 12.7 Å². The van der Waals surface area contributed by atoms with Gasteiger partial charge in [0, 0.05) is 17.7 Å². The van der Waals surface area contributed by atoms with E-state index in [0.717, 1.165) is 18.2 Å². The second-order valence-corrected chi connectivity index (χ2v) is 5.60. The molecule has 0 saturated carbocycles. The number of benzene rings is 2. The Bertz CT molecular complexity index is 987. The minimum Gasteiger partial charge on any atom is -0.454 e. The summed E-state index contributed by atoms with van der Waals surface area (Å²) in [6, 6.07) is 9.69. The van der Waals surface area contributed by atoms with Crippen LogP contribution in [-0.2, 0) is 11.2 Å². The van der Waals surface area contributed by atoms with Crippen LogP contribution in [0.25, 0.3) is 11.3 Å². The van der Waals surface area contributed by atoms with Crippen LogP contribution in [0.3, 0.4) is 0 Å². The van der Waals surface area contributed by atoms with Crippen molar-refractivity contribution in [1.29, 1.82) is 0 Å². The van der Waals surface area contributed by atoms with Gasteiger partial charge in [0.15, 0.2) is 17.3 Å². The van der Waals surface area contributed by atoms with Crippen molar-refractivity contribution in [2.45, 2.75) is 6.42 Å². The van der Waals surface area contributed by atoms with E-state index in [2.05, 4.69) is 10.5 Å². The Morgan fingerprint density at radius 3 is 2.81 bits per heavy atom. The van der Waals surface area contributed by atoms with Gasteiger partial charge in [0.25, 0.3) is 0 Å². The third-order valence-corrected chi connectivity index (χ3v) is 3.76. The third-order valence-electron chi connectivity index (χ3n) is 3.76. The van der Waals surface area contributed by atoms with Gasteiger partial charge in [-0.05, 0) is 30.3 Å². The fourth-order valence-corrected chi connectivity index (χ4v) is 2.53. The van der Waals surface area contributed by atoms with E-state index >= 15 is 0 Å². The molecule has 0 fully saturated rings. The summed E-state index contributed by atoms with van der Waals surface area (Å²) < 4.78 is 42.5. The molecule has 0 bridgehead atoms. The summed E-state index contributed by atoms with van der Waals surface area (Å²) in [5.41, 5.74) is 0.839. The van der Waals surface area contributed by atoms with Crippen LogP contribution in [-0.4, -0.2) is 17.9 Å². The van der Waals surface area contributed by atoms with E-state index in [4.69, 9.17) is 14.0 Å². The van der Waals surface area contributed by atoms with E-state index in [0.29, 0.717) is 28.5 Å². The van der Waals surface area contributed by atoms with Crippen molar-refractivity contribution < 1.29 is 27.6 Å². The highest BCUT2D eigenvalue weighted by Gasteiger charge is 2.17. The molecule has 4 rings (SSSR count). The van der Waals surface area contributed by atoms with E-state index in [-0.39, 0.29) is 18.9 Å². The Balaban J connectivity index is 1.46. The number of amides is 1. The zero-order valence-corrected chi connectivity index (χ0v) is 13.3. The number of hydrogen-bond donors (Lipinski definition) is 1. The number of rotatable bonds is 4. The number of fused-ring (bicyclic) bond motifs is 1. The zero-order chi connectivity index (χ0) is 18.1. The molecular formula is C18H12F2N2O4. The Morgan fingerprint density at radius 1 is 1.08 bits per heavy atom. The molecule has 6 nitrogen and oxygen atoms in total. The molecule has 2 heterocycles. The number of nitrogens with zero attached hydrogens (tertiary/aromatic N) is 1. The Labute approximate surface area is 146 Å². The van der Waals surface area contributed by atoms with Gasteiger partial charge < -0.3 is 19.3 Å². The topological polar surface area (TPSA) is 73.6 Å². The van der Waals surface area contributed by atoms with Crippen molar-refractivity contribution in [2.24, 2.45) is 0 Å². The minimum atomic E-state index is -0.721. The summed E-state index contributed by atoms with van der Waals surface area (Å²) in [7, 11) is 0. The van der Waals surface area contributed by atoms with Crippen LogP contribution in [0, 0.1) is 11.6 Å². The molecule has 132 valence electrons. The lowest BCUT2D eigenvalue weighted by molar-refractivity contribution is -0.115. The highest BCUT2D eigenvalue weighted by molar-refractivity contribution is 5.92. The van der Waals surface area contributed by atoms with Crippen molar-refractivity contribution in [3.8, 4) is 22.8 Å². The molecule has 8 heteroatoms. The quantitative estimate of drug-likeness (QED) is 0.772. The van der Waals surface area contributed by atoms with Gasteiger partial charge in [0.1, 0.15) is 11.6 Å². The molecule has 1 aliphatic heterocycles. The number of ether oxygens (including phenoxy) is 2.